The first-order chi connectivity index (χ1) is 11.2. The van der Waals surface area contributed by atoms with Crippen LogP contribution >= 0.6 is 0 Å². The fraction of sp³-hybridized carbons (Fsp3) is 0.0556. The van der Waals surface area contributed by atoms with Crippen molar-refractivity contribution in [3.63, 3.8) is 0 Å². The van der Waals surface area contributed by atoms with Gasteiger partial charge in [0.1, 0.15) is 0 Å². The molecular weight excluding hydrogens is 348 g/mol. The number of hydrogen-bond donors (Lipinski definition) is 0. The maximum atomic E-state index is 11.6. The molecule has 0 N–H and O–H groups in total. The minimum Gasteiger partial charge on any atom is 0 e. The molecule has 0 bridgehead atoms. The monoisotopic (exact) mass is 360 g/mol. The third kappa shape index (κ3) is 7.69. The SMILES string of the molecule is CC(=O)c1ccccc1-c1ccccc1C=O.[C-]#[O+].[C-]#[O+].[C-]#[O+].[Cr]. The first-order valence-electron chi connectivity index (χ1n) is 6.00. The van der Waals surface area contributed by atoms with E-state index in [1.165, 1.54) is 6.92 Å². The van der Waals surface area contributed by atoms with Crippen molar-refractivity contribution in [2.24, 2.45) is 0 Å². The first-order valence-corrected chi connectivity index (χ1v) is 6.00. The normalized spacial score (nSPS) is 7.29. The van der Waals surface area contributed by atoms with Crippen LogP contribution in [0.5, 0.6) is 0 Å². The third-order valence-corrected chi connectivity index (χ3v) is 2.68. The van der Waals surface area contributed by atoms with Gasteiger partial charge in [0.05, 0.1) is 0 Å². The molecule has 2 aromatic rings. The van der Waals surface area contributed by atoms with Crippen molar-refractivity contribution in [3.05, 3.63) is 79.6 Å². The van der Waals surface area contributed by atoms with Crippen LogP contribution in [0.15, 0.2) is 48.5 Å². The standard InChI is InChI=1S/C15H12O2.3CO.Cr/c1-11(17)13-7-4-5-9-15(13)14-8-3-2-6-12(14)10-16;3*1-2;/h2-10H,1H3;;;;. The smallest absolute Gasteiger partial charge is 0 e. The van der Waals surface area contributed by atoms with Gasteiger partial charge in [-0.3, -0.25) is 9.59 Å². The van der Waals surface area contributed by atoms with Gasteiger partial charge in [0, 0.05) is 28.5 Å². The maximum absolute atomic E-state index is 11.6. The van der Waals surface area contributed by atoms with Gasteiger partial charge in [-0.05, 0) is 18.1 Å². The van der Waals surface area contributed by atoms with Crippen molar-refractivity contribution in [2.45, 2.75) is 6.92 Å². The largest absolute Gasteiger partial charge is 0 e. The number of rotatable bonds is 3. The zero-order valence-electron chi connectivity index (χ0n) is 12.6. The third-order valence-electron chi connectivity index (χ3n) is 2.68. The van der Waals surface area contributed by atoms with Crippen LogP contribution in [0.2, 0.25) is 0 Å². The van der Waals surface area contributed by atoms with Gasteiger partial charge < -0.3 is 0 Å². The Kier molecular flexibility index (Phi) is 18.6. The zero-order valence-corrected chi connectivity index (χ0v) is 13.9. The second kappa shape index (κ2) is 16.9. The molecule has 0 fully saturated rings. The predicted molar refractivity (Wildman–Crippen MR) is 79.1 cm³/mol. The average molecular weight is 360 g/mol. The topological polar surface area (TPSA) is 93.8 Å². The van der Waals surface area contributed by atoms with Gasteiger partial charge in [0.2, 0.25) is 0 Å². The number of carbonyl (C=O) groups excluding carboxylic acids is 2. The Morgan fingerprint density at radius 3 is 1.71 bits per heavy atom. The van der Waals surface area contributed by atoms with E-state index in [1.54, 1.807) is 12.1 Å². The van der Waals surface area contributed by atoms with E-state index in [4.69, 9.17) is 14.0 Å². The average Bonchev–Trinajstić information content (AvgIpc) is 2.66. The second-order valence-electron chi connectivity index (χ2n) is 3.81. The van der Waals surface area contributed by atoms with Crippen LogP contribution in [-0.4, -0.2) is 12.1 Å². The summed E-state index contributed by atoms with van der Waals surface area (Å²) in [4.78, 5) is 22.5. The molecule has 2 rings (SSSR count). The van der Waals surface area contributed by atoms with Crippen molar-refractivity contribution in [3.8, 4) is 11.1 Å². The molecule has 0 saturated carbocycles. The Bertz CT molecular complexity index is 688. The van der Waals surface area contributed by atoms with E-state index in [0.29, 0.717) is 11.1 Å². The second-order valence-corrected chi connectivity index (χ2v) is 3.81. The van der Waals surface area contributed by atoms with Crippen molar-refractivity contribution in [1.82, 2.24) is 0 Å². The first kappa shape index (κ1) is 26.4. The minimum atomic E-state index is 0. The summed E-state index contributed by atoms with van der Waals surface area (Å²) in [7, 11) is 0. The van der Waals surface area contributed by atoms with E-state index in [1.807, 2.05) is 36.4 Å². The van der Waals surface area contributed by atoms with E-state index < -0.39 is 0 Å². The molecule has 120 valence electrons. The molecule has 0 atom stereocenters. The molecular formula is C18H12CrO5. The van der Waals surface area contributed by atoms with Crippen LogP contribution in [0.4, 0.5) is 0 Å². The summed E-state index contributed by atoms with van der Waals surface area (Å²) in [6.45, 7) is 15.0. The Balaban J connectivity index is -0.000000569. The van der Waals surface area contributed by atoms with Gasteiger partial charge in [-0.25, -0.2) is 0 Å². The summed E-state index contributed by atoms with van der Waals surface area (Å²) in [5.74, 6) is 0.00121. The molecule has 0 amide bonds. The quantitative estimate of drug-likeness (QED) is 0.364. The molecule has 0 aliphatic heterocycles. The molecule has 0 aromatic heterocycles. The zero-order chi connectivity index (χ0) is 18.3. The Hall–Kier alpha value is -2.47. The number of ketones is 1. The van der Waals surface area contributed by atoms with Crippen LogP contribution in [0.25, 0.3) is 11.1 Å². The molecule has 5 nitrogen and oxygen atoms in total. The fourth-order valence-electron chi connectivity index (χ4n) is 1.87. The van der Waals surface area contributed by atoms with Crippen LogP contribution in [0.1, 0.15) is 27.6 Å². The van der Waals surface area contributed by atoms with E-state index in [9.17, 15) is 9.59 Å². The molecule has 0 saturated heterocycles. The van der Waals surface area contributed by atoms with Crippen molar-refractivity contribution in [1.29, 1.82) is 0 Å². The summed E-state index contributed by atoms with van der Waals surface area (Å²) >= 11 is 0. The maximum Gasteiger partial charge on any atom is 0 e. The number of Topliss-reactive ketones (excluding diaryl/α,β-unsaturated/α-hetero) is 1. The summed E-state index contributed by atoms with van der Waals surface area (Å²) in [6, 6.07) is 14.6. The molecule has 0 heterocycles. The predicted octanol–water partition coefficient (Wildman–Crippen LogP) is 3.25. The molecule has 24 heavy (non-hydrogen) atoms. The van der Waals surface area contributed by atoms with Crippen LogP contribution in [0, 0.1) is 20.0 Å². The van der Waals surface area contributed by atoms with Crippen LogP contribution in [-0.2, 0) is 31.3 Å². The van der Waals surface area contributed by atoms with Gasteiger partial charge in [-0.1, -0.05) is 48.5 Å². The molecule has 0 aliphatic carbocycles. The molecule has 0 spiro atoms. The summed E-state index contributed by atoms with van der Waals surface area (Å²) in [5, 5.41) is 0. The number of benzene rings is 2. The fourth-order valence-corrected chi connectivity index (χ4v) is 1.87. The molecule has 6 heteroatoms. The Labute approximate surface area is 151 Å². The Morgan fingerprint density at radius 2 is 1.25 bits per heavy atom. The van der Waals surface area contributed by atoms with E-state index in [-0.39, 0.29) is 23.1 Å². The van der Waals surface area contributed by atoms with Crippen molar-refractivity contribution in [2.75, 3.05) is 0 Å². The van der Waals surface area contributed by atoms with Crippen molar-refractivity contribution < 1.29 is 40.9 Å². The molecule has 2 aromatic carbocycles. The molecule has 0 radical (unpaired) electrons. The molecule has 0 aliphatic rings. The van der Waals surface area contributed by atoms with Gasteiger partial charge in [-0.2, -0.15) is 0 Å². The van der Waals surface area contributed by atoms with Crippen molar-refractivity contribution >= 4 is 12.1 Å². The van der Waals surface area contributed by atoms with E-state index >= 15 is 0 Å². The number of carbonyl (C=O) groups is 2. The van der Waals surface area contributed by atoms with Gasteiger partial charge >= 0.3 is 33.9 Å². The summed E-state index contributed by atoms with van der Waals surface area (Å²) in [5.41, 5.74) is 2.85. The van der Waals surface area contributed by atoms with E-state index in [0.717, 1.165) is 17.4 Å². The summed E-state index contributed by atoms with van der Waals surface area (Å²) in [6.07, 6.45) is 0.812. The number of aldehydes is 1. The minimum absolute atomic E-state index is 0. The van der Waals surface area contributed by atoms with Gasteiger partial charge in [0.15, 0.2) is 12.1 Å². The van der Waals surface area contributed by atoms with Gasteiger partial charge in [0.25, 0.3) is 0 Å². The number of hydrogen-bond acceptors (Lipinski definition) is 2. The van der Waals surface area contributed by atoms with Crippen LogP contribution in [0.3, 0.4) is 0 Å². The summed E-state index contributed by atoms with van der Waals surface area (Å²) < 4.78 is 22.5. The van der Waals surface area contributed by atoms with E-state index in [2.05, 4.69) is 20.0 Å². The molecule has 0 unspecified atom stereocenters. The van der Waals surface area contributed by atoms with Gasteiger partial charge in [-0.15, -0.1) is 0 Å². The van der Waals surface area contributed by atoms with Crippen LogP contribution < -0.4 is 0 Å². The Morgan fingerprint density at radius 1 is 0.833 bits per heavy atom.